The maximum Gasteiger partial charge on any atom is 0.322 e. The summed E-state index contributed by atoms with van der Waals surface area (Å²) in [5.41, 5.74) is -0.232. The molecule has 9 heteroatoms. The quantitative estimate of drug-likeness (QED) is 0.731. The lowest BCUT2D eigenvalue weighted by Crippen LogP contribution is -2.56. The van der Waals surface area contributed by atoms with Crippen molar-refractivity contribution >= 4 is 29.4 Å². The average molecular weight is 386 g/mol. The number of likely N-dealkylation sites (tertiary alicyclic amines) is 1. The van der Waals surface area contributed by atoms with E-state index in [4.69, 9.17) is 4.74 Å². The average Bonchev–Trinajstić information content (AvgIpc) is 2.95. The molecule has 0 radical (unpaired) electrons. The molecule has 0 bridgehead atoms. The van der Waals surface area contributed by atoms with E-state index >= 15 is 0 Å². The van der Waals surface area contributed by atoms with Crippen molar-refractivity contribution in [3.63, 3.8) is 0 Å². The molecule has 0 saturated carbocycles. The number of benzene rings is 1. The van der Waals surface area contributed by atoms with Crippen LogP contribution in [0.4, 0.5) is 10.5 Å². The normalized spacial score (nSPS) is 23.2. The van der Waals surface area contributed by atoms with E-state index in [-0.39, 0.29) is 30.7 Å². The molecule has 28 heavy (non-hydrogen) atoms. The van der Waals surface area contributed by atoms with Gasteiger partial charge in [-0.3, -0.25) is 19.7 Å². The topological polar surface area (TPSA) is 108 Å². The molecule has 2 N–H and O–H groups in total. The fraction of sp³-hybridized carbons (Fsp3) is 0.474. The molecule has 2 saturated heterocycles. The number of piperidine rings is 1. The van der Waals surface area contributed by atoms with Crippen molar-refractivity contribution in [3.8, 4) is 5.75 Å². The molecule has 148 valence electrons. The Morgan fingerprint density at radius 3 is 2.61 bits per heavy atom. The van der Waals surface area contributed by atoms with Gasteiger partial charge in [-0.05, 0) is 31.9 Å². The number of ether oxygens (including phenoxy) is 1. The van der Waals surface area contributed by atoms with Gasteiger partial charge in [0.05, 0.1) is 5.69 Å². The second kappa shape index (κ2) is 6.81. The summed E-state index contributed by atoms with van der Waals surface area (Å²) < 4.78 is 5.61. The molecule has 1 atom stereocenters. The number of para-hydroxylation sites is 2. The van der Waals surface area contributed by atoms with E-state index in [1.807, 2.05) is 12.1 Å². The maximum absolute atomic E-state index is 12.7. The number of fused-ring (bicyclic) bond motifs is 1. The molecule has 5 amide bonds. The van der Waals surface area contributed by atoms with E-state index in [9.17, 15) is 19.2 Å². The van der Waals surface area contributed by atoms with Crippen LogP contribution < -0.4 is 20.3 Å². The molecule has 1 unspecified atom stereocenters. The van der Waals surface area contributed by atoms with Gasteiger partial charge in [0.25, 0.3) is 11.8 Å². The number of nitrogens with one attached hydrogen (secondary N) is 2. The Morgan fingerprint density at radius 1 is 1.21 bits per heavy atom. The first-order valence-corrected chi connectivity index (χ1v) is 9.38. The Kier molecular flexibility index (Phi) is 4.44. The SMILES string of the molecule is CC1Oc2ccccc2N(CCC(=O)N2CCC3(CC2)NC(=O)NC3=O)C1=O. The van der Waals surface area contributed by atoms with Gasteiger partial charge in [-0.15, -0.1) is 0 Å². The van der Waals surface area contributed by atoms with Crippen molar-refractivity contribution in [1.29, 1.82) is 0 Å². The highest BCUT2D eigenvalue weighted by Crippen LogP contribution is 2.34. The number of imide groups is 1. The first-order chi connectivity index (χ1) is 13.4. The lowest BCUT2D eigenvalue weighted by Gasteiger charge is -2.37. The van der Waals surface area contributed by atoms with Crippen LogP contribution in [0.5, 0.6) is 5.75 Å². The summed E-state index contributed by atoms with van der Waals surface area (Å²) in [4.78, 5) is 51.8. The van der Waals surface area contributed by atoms with Gasteiger partial charge in [0.2, 0.25) is 5.91 Å². The monoisotopic (exact) mass is 386 g/mol. The third-order valence-electron chi connectivity index (χ3n) is 5.61. The van der Waals surface area contributed by atoms with Crippen LogP contribution in [0.1, 0.15) is 26.2 Å². The van der Waals surface area contributed by atoms with E-state index < -0.39 is 17.7 Å². The predicted octanol–water partition coefficient (Wildman–Crippen LogP) is 0.391. The van der Waals surface area contributed by atoms with Crippen LogP contribution in [0.25, 0.3) is 0 Å². The Labute approximate surface area is 162 Å². The standard InChI is InChI=1S/C19H22N4O5/c1-12-16(25)23(13-4-2-3-5-14(13)28-12)9-6-15(24)22-10-7-19(8-11-22)17(26)20-18(27)21-19/h2-5,12H,6-11H2,1H3,(H2,20,21,26,27). The van der Waals surface area contributed by atoms with Crippen LogP contribution >= 0.6 is 0 Å². The van der Waals surface area contributed by atoms with Gasteiger partial charge in [-0.1, -0.05) is 12.1 Å². The van der Waals surface area contributed by atoms with Crippen molar-refractivity contribution < 1.29 is 23.9 Å². The molecule has 3 heterocycles. The van der Waals surface area contributed by atoms with E-state index in [1.54, 1.807) is 28.9 Å². The molecule has 1 aromatic rings. The van der Waals surface area contributed by atoms with Crippen LogP contribution in [0, 0.1) is 0 Å². The highest BCUT2D eigenvalue weighted by molar-refractivity contribution is 6.07. The second-order valence-corrected chi connectivity index (χ2v) is 7.34. The van der Waals surface area contributed by atoms with Crippen LogP contribution in [-0.4, -0.2) is 59.9 Å². The summed E-state index contributed by atoms with van der Waals surface area (Å²) in [7, 11) is 0. The lowest BCUT2D eigenvalue weighted by atomic mass is 9.87. The van der Waals surface area contributed by atoms with Gasteiger partial charge in [0.1, 0.15) is 11.3 Å². The van der Waals surface area contributed by atoms with Crippen molar-refractivity contribution in [1.82, 2.24) is 15.5 Å². The third-order valence-corrected chi connectivity index (χ3v) is 5.61. The molecule has 1 spiro atoms. The van der Waals surface area contributed by atoms with Gasteiger partial charge >= 0.3 is 6.03 Å². The highest BCUT2D eigenvalue weighted by Gasteiger charge is 2.48. The second-order valence-electron chi connectivity index (χ2n) is 7.34. The minimum atomic E-state index is -0.900. The lowest BCUT2D eigenvalue weighted by molar-refractivity contribution is -0.135. The molecule has 1 aromatic carbocycles. The molecule has 4 rings (SSSR count). The molecule has 0 aromatic heterocycles. The number of amides is 5. The van der Waals surface area contributed by atoms with E-state index in [2.05, 4.69) is 10.6 Å². The number of carbonyl (C=O) groups excluding carboxylic acids is 4. The van der Waals surface area contributed by atoms with Gasteiger partial charge in [0, 0.05) is 26.1 Å². The Morgan fingerprint density at radius 2 is 1.93 bits per heavy atom. The minimum Gasteiger partial charge on any atom is -0.479 e. The van der Waals surface area contributed by atoms with Gasteiger partial charge in [-0.2, -0.15) is 0 Å². The maximum atomic E-state index is 12.7. The highest BCUT2D eigenvalue weighted by atomic mass is 16.5. The minimum absolute atomic E-state index is 0.0796. The van der Waals surface area contributed by atoms with E-state index in [0.29, 0.717) is 37.4 Å². The van der Waals surface area contributed by atoms with Crippen molar-refractivity contribution in [3.05, 3.63) is 24.3 Å². The third kappa shape index (κ3) is 3.06. The van der Waals surface area contributed by atoms with E-state index in [0.717, 1.165) is 0 Å². The van der Waals surface area contributed by atoms with Crippen molar-refractivity contribution in [2.24, 2.45) is 0 Å². The Hall–Kier alpha value is -3.10. The number of anilines is 1. The summed E-state index contributed by atoms with van der Waals surface area (Å²) in [6.45, 7) is 2.73. The summed E-state index contributed by atoms with van der Waals surface area (Å²) in [6, 6.07) is 6.79. The van der Waals surface area contributed by atoms with Crippen molar-refractivity contribution in [2.75, 3.05) is 24.5 Å². The zero-order valence-electron chi connectivity index (χ0n) is 15.6. The first kappa shape index (κ1) is 18.3. The molecular formula is C19H22N4O5. The molecule has 9 nitrogen and oxygen atoms in total. The molecule has 2 fully saturated rings. The van der Waals surface area contributed by atoms with Crippen molar-refractivity contribution in [2.45, 2.75) is 37.8 Å². The van der Waals surface area contributed by atoms with Gasteiger partial charge in [-0.25, -0.2) is 4.79 Å². The summed E-state index contributed by atoms with van der Waals surface area (Å²) in [6.07, 6.45) is 0.349. The number of rotatable bonds is 3. The number of hydrogen-bond donors (Lipinski definition) is 2. The predicted molar refractivity (Wildman–Crippen MR) is 98.7 cm³/mol. The van der Waals surface area contributed by atoms with Crippen LogP contribution in [-0.2, 0) is 14.4 Å². The summed E-state index contributed by atoms with van der Waals surface area (Å²) in [5, 5.41) is 4.94. The number of urea groups is 1. The van der Waals surface area contributed by atoms with Crippen LogP contribution in [0.2, 0.25) is 0 Å². The summed E-state index contributed by atoms with van der Waals surface area (Å²) >= 11 is 0. The van der Waals surface area contributed by atoms with E-state index in [1.165, 1.54) is 0 Å². The van der Waals surface area contributed by atoms with Gasteiger partial charge < -0.3 is 19.9 Å². The number of hydrogen-bond acceptors (Lipinski definition) is 5. The fourth-order valence-corrected chi connectivity index (χ4v) is 3.97. The molecule has 3 aliphatic heterocycles. The Balaban J connectivity index is 1.37. The van der Waals surface area contributed by atoms with Crippen LogP contribution in [0.15, 0.2) is 24.3 Å². The number of nitrogens with zero attached hydrogens (tertiary/aromatic N) is 2. The van der Waals surface area contributed by atoms with Crippen LogP contribution in [0.3, 0.4) is 0 Å². The first-order valence-electron chi connectivity index (χ1n) is 9.38. The number of carbonyl (C=O) groups is 4. The zero-order chi connectivity index (χ0) is 19.9. The summed E-state index contributed by atoms with van der Waals surface area (Å²) in [5.74, 6) is 0.0532. The molecule has 3 aliphatic rings. The zero-order valence-corrected chi connectivity index (χ0v) is 15.6. The molecule has 0 aliphatic carbocycles. The largest absolute Gasteiger partial charge is 0.479 e. The Bertz CT molecular complexity index is 846. The molecular weight excluding hydrogens is 364 g/mol. The smallest absolute Gasteiger partial charge is 0.322 e. The van der Waals surface area contributed by atoms with Gasteiger partial charge in [0.15, 0.2) is 6.10 Å². The fourth-order valence-electron chi connectivity index (χ4n) is 3.97.